The first kappa shape index (κ1) is 15.9. The number of hydrogen-bond donors (Lipinski definition) is 2. The van der Waals surface area contributed by atoms with Crippen LogP contribution >= 0.6 is 28.1 Å². The minimum atomic E-state index is 0.133. The maximum absolute atomic E-state index is 5.76. The van der Waals surface area contributed by atoms with Crippen molar-refractivity contribution in [3.05, 3.63) is 28.2 Å². The van der Waals surface area contributed by atoms with Gasteiger partial charge in [-0.25, -0.2) is 0 Å². The van der Waals surface area contributed by atoms with Crippen LogP contribution in [0.15, 0.2) is 27.8 Å². The number of hydrogen-bond acceptors (Lipinski definition) is 3. The van der Waals surface area contributed by atoms with Crippen molar-refractivity contribution < 1.29 is 4.74 Å². The number of nitrogens with one attached hydrogen (secondary N) is 1. The van der Waals surface area contributed by atoms with Gasteiger partial charge in [0.15, 0.2) is 5.11 Å². The fourth-order valence-electron chi connectivity index (χ4n) is 1.32. The van der Waals surface area contributed by atoms with Gasteiger partial charge < -0.3 is 10.5 Å². The van der Waals surface area contributed by atoms with Gasteiger partial charge in [0.1, 0.15) is 5.75 Å². The molecule has 0 fully saturated rings. The first-order chi connectivity index (χ1) is 8.99. The lowest BCUT2D eigenvalue weighted by molar-refractivity contribution is 0.289. The van der Waals surface area contributed by atoms with E-state index in [0.29, 0.717) is 12.5 Å². The molecular formula is C13H18BrN3OS. The maximum atomic E-state index is 5.76. The number of ether oxygens (including phenoxy) is 1. The molecule has 4 nitrogen and oxygen atoms in total. The van der Waals surface area contributed by atoms with Crippen molar-refractivity contribution in [1.29, 1.82) is 0 Å². The Hall–Kier alpha value is -1.14. The van der Waals surface area contributed by atoms with Crippen LogP contribution < -0.4 is 15.9 Å². The molecule has 0 saturated heterocycles. The molecule has 0 spiro atoms. The van der Waals surface area contributed by atoms with Crippen LogP contribution in [-0.4, -0.2) is 17.9 Å². The van der Waals surface area contributed by atoms with E-state index in [0.717, 1.165) is 22.2 Å². The zero-order chi connectivity index (χ0) is 14.3. The molecule has 1 rings (SSSR count). The summed E-state index contributed by atoms with van der Waals surface area (Å²) in [6, 6.07) is 5.77. The van der Waals surface area contributed by atoms with Crippen molar-refractivity contribution >= 4 is 39.5 Å². The van der Waals surface area contributed by atoms with Crippen LogP contribution in [0.25, 0.3) is 0 Å². The van der Waals surface area contributed by atoms with Crippen LogP contribution in [-0.2, 0) is 0 Å². The number of nitrogens with two attached hydrogens (primary N) is 1. The average Bonchev–Trinajstić information content (AvgIpc) is 2.31. The van der Waals surface area contributed by atoms with Crippen LogP contribution in [0.4, 0.5) is 0 Å². The van der Waals surface area contributed by atoms with Gasteiger partial charge in [-0.1, -0.05) is 29.8 Å². The highest BCUT2D eigenvalue weighted by Gasteiger charge is 2.03. The largest absolute Gasteiger partial charge is 0.493 e. The van der Waals surface area contributed by atoms with E-state index in [1.807, 2.05) is 18.2 Å². The molecule has 0 radical (unpaired) electrons. The molecule has 104 valence electrons. The van der Waals surface area contributed by atoms with E-state index in [4.69, 9.17) is 10.5 Å². The number of thiocarbonyl (C=S) groups is 1. The second-order valence-corrected chi connectivity index (χ2v) is 5.80. The summed E-state index contributed by atoms with van der Waals surface area (Å²) in [6.07, 6.45) is 2.65. The summed E-state index contributed by atoms with van der Waals surface area (Å²) in [5, 5.41) is 4.08. The summed E-state index contributed by atoms with van der Waals surface area (Å²) < 4.78 is 6.72. The third-order valence-corrected chi connectivity index (χ3v) is 2.89. The minimum Gasteiger partial charge on any atom is -0.493 e. The van der Waals surface area contributed by atoms with Crippen LogP contribution in [0.5, 0.6) is 5.75 Å². The lowest BCUT2D eigenvalue weighted by atomic mass is 10.1. The van der Waals surface area contributed by atoms with E-state index in [2.05, 4.69) is 52.5 Å². The highest BCUT2D eigenvalue weighted by Crippen LogP contribution is 2.22. The molecule has 1 aromatic carbocycles. The van der Waals surface area contributed by atoms with Crippen molar-refractivity contribution in [2.75, 3.05) is 6.61 Å². The quantitative estimate of drug-likeness (QED) is 0.473. The molecular weight excluding hydrogens is 326 g/mol. The van der Waals surface area contributed by atoms with Gasteiger partial charge in [-0.15, -0.1) is 0 Å². The predicted molar refractivity (Wildman–Crippen MR) is 86.6 cm³/mol. The summed E-state index contributed by atoms with van der Waals surface area (Å²) in [5.41, 5.74) is 8.69. The number of rotatable bonds is 6. The van der Waals surface area contributed by atoms with E-state index >= 15 is 0 Å². The molecule has 0 amide bonds. The Morgan fingerprint density at radius 2 is 2.32 bits per heavy atom. The van der Waals surface area contributed by atoms with Crippen molar-refractivity contribution in [1.82, 2.24) is 5.43 Å². The Bertz CT molecular complexity index is 463. The summed E-state index contributed by atoms with van der Waals surface area (Å²) in [6.45, 7) is 5.02. The Balaban J connectivity index is 2.73. The standard InChI is InChI=1S/C13H18BrN3OS/c1-9(2)5-6-18-12-4-3-11(14)7-10(12)8-16-17-13(15)19/h3-4,7-9H,5-6H2,1-2H3,(H3,15,17,19). The van der Waals surface area contributed by atoms with E-state index in [1.54, 1.807) is 6.21 Å². The second kappa shape index (κ2) is 8.12. The highest BCUT2D eigenvalue weighted by atomic mass is 79.9. The van der Waals surface area contributed by atoms with Gasteiger partial charge in [-0.3, -0.25) is 5.43 Å². The topological polar surface area (TPSA) is 59.6 Å². The number of benzene rings is 1. The van der Waals surface area contributed by atoms with Gasteiger partial charge in [-0.2, -0.15) is 5.10 Å². The molecule has 0 aliphatic rings. The normalized spacial score (nSPS) is 10.9. The summed E-state index contributed by atoms with van der Waals surface area (Å²) in [4.78, 5) is 0. The van der Waals surface area contributed by atoms with Gasteiger partial charge >= 0.3 is 0 Å². The predicted octanol–water partition coefficient (Wildman–Crippen LogP) is 3.04. The molecule has 0 aliphatic carbocycles. The third-order valence-electron chi connectivity index (χ3n) is 2.30. The van der Waals surface area contributed by atoms with Crippen molar-refractivity contribution in [2.24, 2.45) is 16.8 Å². The molecule has 19 heavy (non-hydrogen) atoms. The summed E-state index contributed by atoms with van der Waals surface area (Å²) in [7, 11) is 0. The molecule has 1 aromatic rings. The molecule has 0 unspecified atom stereocenters. The lowest BCUT2D eigenvalue weighted by Gasteiger charge is -2.10. The van der Waals surface area contributed by atoms with Crippen molar-refractivity contribution in [3.8, 4) is 5.75 Å². The Labute approximate surface area is 127 Å². The molecule has 0 aliphatic heterocycles. The zero-order valence-corrected chi connectivity index (χ0v) is 13.4. The second-order valence-electron chi connectivity index (χ2n) is 4.45. The van der Waals surface area contributed by atoms with E-state index < -0.39 is 0 Å². The Morgan fingerprint density at radius 3 is 2.95 bits per heavy atom. The van der Waals surface area contributed by atoms with Crippen LogP contribution in [0, 0.1) is 5.92 Å². The lowest BCUT2D eigenvalue weighted by Crippen LogP contribution is -2.24. The van der Waals surface area contributed by atoms with E-state index in [1.165, 1.54) is 0 Å². The molecule has 0 bridgehead atoms. The van der Waals surface area contributed by atoms with E-state index in [9.17, 15) is 0 Å². The smallest absolute Gasteiger partial charge is 0.184 e. The molecule has 6 heteroatoms. The average molecular weight is 344 g/mol. The van der Waals surface area contributed by atoms with Gasteiger partial charge in [0.05, 0.1) is 12.8 Å². The fraction of sp³-hybridized carbons (Fsp3) is 0.385. The highest BCUT2D eigenvalue weighted by molar-refractivity contribution is 9.10. The Kier molecular flexibility index (Phi) is 6.80. The monoisotopic (exact) mass is 343 g/mol. The minimum absolute atomic E-state index is 0.133. The summed E-state index contributed by atoms with van der Waals surface area (Å²) >= 11 is 8.10. The number of nitrogens with zero attached hydrogens (tertiary/aromatic N) is 1. The zero-order valence-electron chi connectivity index (χ0n) is 11.0. The van der Waals surface area contributed by atoms with Crippen molar-refractivity contribution in [3.63, 3.8) is 0 Å². The van der Waals surface area contributed by atoms with Crippen LogP contribution in [0.1, 0.15) is 25.8 Å². The molecule has 0 saturated carbocycles. The van der Waals surface area contributed by atoms with Crippen LogP contribution in [0.2, 0.25) is 0 Å². The van der Waals surface area contributed by atoms with Crippen LogP contribution in [0.3, 0.4) is 0 Å². The van der Waals surface area contributed by atoms with E-state index in [-0.39, 0.29) is 5.11 Å². The van der Waals surface area contributed by atoms with Gasteiger partial charge in [0.2, 0.25) is 0 Å². The first-order valence-corrected chi connectivity index (χ1v) is 7.20. The van der Waals surface area contributed by atoms with Gasteiger partial charge in [-0.05, 0) is 42.8 Å². The van der Waals surface area contributed by atoms with Gasteiger partial charge in [0.25, 0.3) is 0 Å². The number of hydrazone groups is 1. The fourth-order valence-corrected chi connectivity index (χ4v) is 1.75. The Morgan fingerprint density at radius 1 is 1.58 bits per heavy atom. The molecule has 0 atom stereocenters. The number of halogens is 1. The third kappa shape index (κ3) is 6.54. The SMILES string of the molecule is CC(C)CCOc1ccc(Br)cc1C=NNC(N)=S. The molecule has 0 aromatic heterocycles. The maximum Gasteiger partial charge on any atom is 0.184 e. The molecule has 3 N–H and O–H groups in total. The summed E-state index contributed by atoms with van der Waals surface area (Å²) in [5.74, 6) is 1.40. The first-order valence-electron chi connectivity index (χ1n) is 6.00. The van der Waals surface area contributed by atoms with Gasteiger partial charge in [0, 0.05) is 10.0 Å². The molecule has 0 heterocycles. The van der Waals surface area contributed by atoms with Crippen molar-refractivity contribution in [2.45, 2.75) is 20.3 Å².